The van der Waals surface area contributed by atoms with Crippen molar-refractivity contribution in [2.75, 3.05) is 7.11 Å². The van der Waals surface area contributed by atoms with E-state index in [-0.39, 0.29) is 12.4 Å². The average molecular weight is 248 g/mol. The SMILES string of the molecule is COc1ncccc1CNC(=O)CC(F)(F)F. The Balaban J connectivity index is 2.53. The van der Waals surface area contributed by atoms with Crippen molar-refractivity contribution < 1.29 is 22.7 Å². The van der Waals surface area contributed by atoms with Crippen molar-refractivity contribution >= 4 is 5.91 Å². The van der Waals surface area contributed by atoms with E-state index in [1.807, 2.05) is 0 Å². The maximum absolute atomic E-state index is 11.9. The molecule has 1 rings (SSSR count). The molecule has 0 aromatic carbocycles. The molecule has 1 heterocycles. The van der Waals surface area contributed by atoms with Gasteiger partial charge in [0.2, 0.25) is 11.8 Å². The van der Waals surface area contributed by atoms with Gasteiger partial charge in [0.25, 0.3) is 0 Å². The fraction of sp³-hybridized carbons (Fsp3) is 0.400. The number of pyridine rings is 1. The second-order valence-corrected chi connectivity index (χ2v) is 3.24. The van der Waals surface area contributed by atoms with Gasteiger partial charge in [-0.25, -0.2) is 4.98 Å². The first-order chi connectivity index (χ1) is 7.92. The fourth-order valence-corrected chi connectivity index (χ4v) is 1.18. The van der Waals surface area contributed by atoms with E-state index in [0.717, 1.165) is 0 Å². The van der Waals surface area contributed by atoms with Crippen LogP contribution in [0.5, 0.6) is 5.88 Å². The Morgan fingerprint density at radius 2 is 2.24 bits per heavy atom. The molecule has 0 bridgehead atoms. The lowest BCUT2D eigenvalue weighted by Crippen LogP contribution is -2.28. The molecule has 0 aliphatic carbocycles. The molecule has 0 aliphatic heterocycles. The Kier molecular flexibility index (Phi) is 4.30. The molecule has 7 heteroatoms. The van der Waals surface area contributed by atoms with Crippen LogP contribution < -0.4 is 10.1 Å². The molecule has 0 saturated carbocycles. The number of carbonyl (C=O) groups is 1. The van der Waals surface area contributed by atoms with Crippen LogP contribution in [0, 0.1) is 0 Å². The number of hydrogen-bond donors (Lipinski definition) is 1. The second-order valence-electron chi connectivity index (χ2n) is 3.24. The van der Waals surface area contributed by atoms with Crippen LogP contribution in [-0.2, 0) is 11.3 Å². The summed E-state index contributed by atoms with van der Waals surface area (Å²) in [6.45, 7) is -0.0497. The zero-order valence-electron chi connectivity index (χ0n) is 9.04. The molecule has 0 atom stereocenters. The number of methoxy groups -OCH3 is 1. The van der Waals surface area contributed by atoms with Crippen molar-refractivity contribution in [3.8, 4) is 5.88 Å². The zero-order chi connectivity index (χ0) is 12.9. The monoisotopic (exact) mass is 248 g/mol. The number of aromatic nitrogens is 1. The predicted molar refractivity (Wildman–Crippen MR) is 53.3 cm³/mol. The molecule has 0 radical (unpaired) electrons. The Morgan fingerprint density at radius 1 is 1.53 bits per heavy atom. The van der Waals surface area contributed by atoms with Gasteiger partial charge in [0.05, 0.1) is 7.11 Å². The molecule has 1 aromatic rings. The van der Waals surface area contributed by atoms with Crippen LogP contribution in [0.4, 0.5) is 13.2 Å². The molecule has 0 unspecified atom stereocenters. The van der Waals surface area contributed by atoms with Crippen LogP contribution in [-0.4, -0.2) is 24.2 Å². The summed E-state index contributed by atoms with van der Waals surface area (Å²) in [7, 11) is 1.39. The highest BCUT2D eigenvalue weighted by Gasteiger charge is 2.30. The first kappa shape index (κ1) is 13.3. The normalized spacial score (nSPS) is 11.1. The number of rotatable bonds is 4. The third kappa shape index (κ3) is 4.71. The highest BCUT2D eigenvalue weighted by molar-refractivity contribution is 5.76. The van der Waals surface area contributed by atoms with Crippen LogP contribution in [0.25, 0.3) is 0 Å². The number of ether oxygens (including phenoxy) is 1. The molecule has 0 aliphatic rings. The van der Waals surface area contributed by atoms with E-state index in [2.05, 4.69) is 10.3 Å². The van der Waals surface area contributed by atoms with Crippen LogP contribution in [0.1, 0.15) is 12.0 Å². The van der Waals surface area contributed by atoms with Crippen molar-refractivity contribution in [1.29, 1.82) is 0 Å². The number of nitrogens with one attached hydrogen (secondary N) is 1. The molecule has 0 fully saturated rings. The summed E-state index contributed by atoms with van der Waals surface area (Å²) in [5, 5.41) is 2.15. The third-order valence-electron chi connectivity index (χ3n) is 1.88. The second kappa shape index (κ2) is 5.51. The quantitative estimate of drug-likeness (QED) is 0.881. The van der Waals surface area contributed by atoms with Crippen molar-refractivity contribution in [3.05, 3.63) is 23.9 Å². The average Bonchev–Trinajstić information content (AvgIpc) is 2.24. The van der Waals surface area contributed by atoms with E-state index >= 15 is 0 Å². The van der Waals surface area contributed by atoms with Gasteiger partial charge >= 0.3 is 6.18 Å². The van der Waals surface area contributed by atoms with Gasteiger partial charge in [0, 0.05) is 18.3 Å². The van der Waals surface area contributed by atoms with E-state index in [0.29, 0.717) is 5.56 Å². The minimum absolute atomic E-state index is 0.0497. The van der Waals surface area contributed by atoms with Crippen LogP contribution in [0.2, 0.25) is 0 Å². The Morgan fingerprint density at radius 3 is 2.82 bits per heavy atom. The van der Waals surface area contributed by atoms with Gasteiger partial charge in [-0.15, -0.1) is 0 Å². The summed E-state index contributed by atoms with van der Waals surface area (Å²) in [5.41, 5.74) is 0.519. The lowest BCUT2D eigenvalue weighted by atomic mass is 10.2. The lowest BCUT2D eigenvalue weighted by Gasteiger charge is -2.09. The molecule has 94 valence electrons. The maximum Gasteiger partial charge on any atom is 0.397 e. The fourth-order valence-electron chi connectivity index (χ4n) is 1.18. The van der Waals surface area contributed by atoms with Crippen molar-refractivity contribution in [1.82, 2.24) is 10.3 Å². The van der Waals surface area contributed by atoms with Crippen LogP contribution >= 0.6 is 0 Å². The van der Waals surface area contributed by atoms with Crippen molar-refractivity contribution in [2.45, 2.75) is 19.1 Å². The number of nitrogens with zero attached hydrogens (tertiary/aromatic N) is 1. The van der Waals surface area contributed by atoms with E-state index < -0.39 is 18.5 Å². The molecule has 0 saturated heterocycles. The lowest BCUT2D eigenvalue weighted by molar-refractivity contribution is -0.153. The van der Waals surface area contributed by atoms with Gasteiger partial charge in [-0.2, -0.15) is 13.2 Å². The number of alkyl halides is 3. The molecular weight excluding hydrogens is 237 g/mol. The molecule has 1 aromatic heterocycles. The zero-order valence-corrected chi connectivity index (χ0v) is 9.04. The Labute approximate surface area is 95.8 Å². The summed E-state index contributed by atoms with van der Waals surface area (Å²) in [6.07, 6.45) is -4.50. The number of halogens is 3. The van der Waals surface area contributed by atoms with E-state index in [1.165, 1.54) is 13.3 Å². The van der Waals surface area contributed by atoms with E-state index in [1.54, 1.807) is 12.1 Å². The summed E-state index contributed by atoms with van der Waals surface area (Å²) in [4.78, 5) is 14.8. The summed E-state index contributed by atoms with van der Waals surface area (Å²) >= 11 is 0. The number of carbonyl (C=O) groups excluding carboxylic acids is 1. The number of amides is 1. The summed E-state index contributed by atoms with van der Waals surface area (Å²) in [6, 6.07) is 3.22. The predicted octanol–water partition coefficient (Wildman–Crippen LogP) is 1.66. The number of hydrogen-bond acceptors (Lipinski definition) is 3. The molecule has 17 heavy (non-hydrogen) atoms. The van der Waals surface area contributed by atoms with Crippen LogP contribution in [0.15, 0.2) is 18.3 Å². The molecule has 0 spiro atoms. The van der Waals surface area contributed by atoms with Gasteiger partial charge in [0.1, 0.15) is 6.42 Å². The van der Waals surface area contributed by atoms with Gasteiger partial charge in [-0.3, -0.25) is 4.79 Å². The first-order valence-electron chi connectivity index (χ1n) is 4.73. The van der Waals surface area contributed by atoms with Gasteiger partial charge in [-0.05, 0) is 6.07 Å². The maximum atomic E-state index is 11.9. The van der Waals surface area contributed by atoms with E-state index in [9.17, 15) is 18.0 Å². The highest BCUT2D eigenvalue weighted by atomic mass is 19.4. The minimum Gasteiger partial charge on any atom is -0.481 e. The smallest absolute Gasteiger partial charge is 0.397 e. The third-order valence-corrected chi connectivity index (χ3v) is 1.88. The molecule has 1 N–H and O–H groups in total. The molecular formula is C10H11F3N2O2. The van der Waals surface area contributed by atoms with Gasteiger partial charge < -0.3 is 10.1 Å². The molecule has 1 amide bonds. The topological polar surface area (TPSA) is 51.2 Å². The Bertz CT molecular complexity index is 393. The minimum atomic E-state index is -4.50. The van der Waals surface area contributed by atoms with E-state index in [4.69, 9.17) is 4.74 Å². The van der Waals surface area contributed by atoms with Crippen LogP contribution in [0.3, 0.4) is 0 Å². The highest BCUT2D eigenvalue weighted by Crippen LogP contribution is 2.19. The summed E-state index contributed by atoms with van der Waals surface area (Å²) in [5.74, 6) is -0.803. The summed E-state index contributed by atoms with van der Waals surface area (Å²) < 4.78 is 40.5. The molecule has 4 nitrogen and oxygen atoms in total. The van der Waals surface area contributed by atoms with Crippen molar-refractivity contribution in [2.24, 2.45) is 0 Å². The standard InChI is InChI=1S/C10H11F3N2O2/c1-17-9-7(3-2-4-14-9)6-15-8(16)5-10(11,12)13/h2-4H,5-6H2,1H3,(H,15,16). The first-order valence-corrected chi connectivity index (χ1v) is 4.73. The van der Waals surface area contributed by atoms with Gasteiger partial charge in [-0.1, -0.05) is 6.07 Å². The van der Waals surface area contributed by atoms with Crippen molar-refractivity contribution in [3.63, 3.8) is 0 Å². The Hall–Kier alpha value is -1.79. The largest absolute Gasteiger partial charge is 0.481 e. The van der Waals surface area contributed by atoms with Gasteiger partial charge in [0.15, 0.2) is 0 Å².